The summed E-state index contributed by atoms with van der Waals surface area (Å²) < 4.78 is 26.5. The first-order chi connectivity index (χ1) is 14.9. The minimum absolute atomic E-state index is 0.163. The largest absolute Gasteiger partial charge is 0.213 e. The second-order valence-corrected chi connectivity index (χ2v) is 15.3. The Kier molecular flexibility index (Phi) is 7.17. The van der Waals surface area contributed by atoms with Crippen molar-refractivity contribution < 1.29 is 8.42 Å². The Morgan fingerprint density at radius 3 is 2.25 bits per heavy atom. The molecule has 4 rings (SSSR count). The van der Waals surface area contributed by atoms with Crippen LogP contribution in [0, 0.1) is 52.3 Å². The van der Waals surface area contributed by atoms with E-state index in [2.05, 4.69) is 39.3 Å². The van der Waals surface area contributed by atoms with Crippen molar-refractivity contribution in [1.29, 1.82) is 0 Å². The topological polar surface area (TPSA) is 46.2 Å². The normalized spacial score (nSPS) is 45.2. The van der Waals surface area contributed by atoms with Gasteiger partial charge in [-0.05, 0) is 110 Å². The molecule has 0 spiro atoms. The minimum atomic E-state index is -3.10. The van der Waals surface area contributed by atoms with Crippen molar-refractivity contribution in [2.45, 2.75) is 118 Å². The number of hydrogen-bond acceptors (Lipinski definition) is 2. The third-order valence-electron chi connectivity index (χ3n) is 11.2. The summed E-state index contributed by atoms with van der Waals surface area (Å²) in [6.45, 7) is 12.6. The molecule has 0 aromatic rings. The van der Waals surface area contributed by atoms with Gasteiger partial charge in [0.15, 0.2) is 0 Å². The number of sulfonamides is 1. The molecule has 0 aromatic carbocycles. The molecule has 9 atom stereocenters. The van der Waals surface area contributed by atoms with Gasteiger partial charge in [-0.15, -0.1) is 0 Å². The summed E-state index contributed by atoms with van der Waals surface area (Å²) in [5, 5.41) is 0. The van der Waals surface area contributed by atoms with Gasteiger partial charge in [0.2, 0.25) is 10.0 Å². The number of nitrogens with one attached hydrogen (secondary N) is 1. The molecule has 1 N–H and O–H groups in total. The predicted octanol–water partition coefficient (Wildman–Crippen LogP) is 7.03. The molecule has 4 aliphatic carbocycles. The summed E-state index contributed by atoms with van der Waals surface area (Å²) in [6, 6.07) is 0.163. The molecule has 0 radical (unpaired) electrons. The maximum absolute atomic E-state index is 11.8. The van der Waals surface area contributed by atoms with Crippen LogP contribution in [-0.2, 0) is 10.0 Å². The zero-order valence-corrected chi connectivity index (χ0v) is 22.6. The lowest BCUT2D eigenvalue weighted by Gasteiger charge is -2.61. The maximum Gasteiger partial charge on any atom is 0.208 e. The first-order valence-corrected chi connectivity index (χ1v) is 15.8. The first-order valence-electron chi connectivity index (χ1n) is 13.9. The Hall–Kier alpha value is -0.0900. The molecule has 3 nitrogen and oxygen atoms in total. The highest BCUT2D eigenvalue weighted by Crippen LogP contribution is 2.68. The van der Waals surface area contributed by atoms with Crippen molar-refractivity contribution in [1.82, 2.24) is 4.72 Å². The van der Waals surface area contributed by atoms with E-state index in [-0.39, 0.29) is 6.04 Å². The van der Waals surface area contributed by atoms with Gasteiger partial charge in [-0.3, -0.25) is 0 Å². The van der Waals surface area contributed by atoms with Gasteiger partial charge in [0.25, 0.3) is 0 Å². The van der Waals surface area contributed by atoms with E-state index in [1.165, 1.54) is 70.5 Å². The molecule has 0 saturated heterocycles. The van der Waals surface area contributed by atoms with E-state index in [0.29, 0.717) is 16.7 Å². The van der Waals surface area contributed by atoms with Crippen LogP contribution in [0.3, 0.4) is 0 Å². The van der Waals surface area contributed by atoms with Gasteiger partial charge in [0.1, 0.15) is 0 Å². The average Bonchev–Trinajstić information content (AvgIpc) is 3.04. The molecule has 0 aromatic heterocycles. The van der Waals surface area contributed by atoms with Crippen LogP contribution in [0.2, 0.25) is 0 Å². The highest BCUT2D eigenvalue weighted by molar-refractivity contribution is 7.88. The minimum Gasteiger partial charge on any atom is -0.213 e. The number of hydrogen-bond donors (Lipinski definition) is 1. The molecular formula is C28H51NO2S. The summed E-state index contributed by atoms with van der Waals surface area (Å²) in [5.74, 6) is 6.07. The quantitative estimate of drug-likeness (QED) is 0.439. The third-order valence-corrected chi connectivity index (χ3v) is 12.0. The van der Waals surface area contributed by atoms with Crippen molar-refractivity contribution >= 4 is 10.0 Å². The lowest BCUT2D eigenvalue weighted by Crippen LogP contribution is -2.55. The molecule has 2 unspecified atom stereocenters. The zero-order valence-electron chi connectivity index (χ0n) is 21.8. The van der Waals surface area contributed by atoms with E-state index in [1.54, 1.807) is 0 Å². The Morgan fingerprint density at radius 2 is 1.56 bits per heavy atom. The Labute approximate surface area is 199 Å². The third kappa shape index (κ3) is 4.70. The van der Waals surface area contributed by atoms with Gasteiger partial charge in [-0.25, -0.2) is 13.1 Å². The van der Waals surface area contributed by atoms with Crippen LogP contribution in [0.1, 0.15) is 112 Å². The first kappa shape index (κ1) is 25.0. The van der Waals surface area contributed by atoms with Gasteiger partial charge in [0, 0.05) is 6.04 Å². The second-order valence-electron chi connectivity index (χ2n) is 13.5. The fraction of sp³-hybridized carbons (Fsp3) is 1.00. The molecule has 186 valence electrons. The zero-order chi connectivity index (χ0) is 23.3. The van der Waals surface area contributed by atoms with Crippen molar-refractivity contribution in [3.63, 3.8) is 0 Å². The highest BCUT2D eigenvalue weighted by Gasteiger charge is 2.60. The monoisotopic (exact) mass is 465 g/mol. The van der Waals surface area contributed by atoms with Crippen LogP contribution in [-0.4, -0.2) is 20.7 Å². The number of fused-ring (bicyclic) bond motifs is 5. The van der Waals surface area contributed by atoms with E-state index < -0.39 is 10.0 Å². The fourth-order valence-electron chi connectivity index (χ4n) is 9.69. The predicted molar refractivity (Wildman–Crippen MR) is 135 cm³/mol. The van der Waals surface area contributed by atoms with Crippen LogP contribution in [0.25, 0.3) is 0 Å². The van der Waals surface area contributed by atoms with Crippen LogP contribution in [0.15, 0.2) is 0 Å². The van der Waals surface area contributed by atoms with E-state index in [1.807, 2.05) is 0 Å². The standard InChI is InChI=1S/C28H51NO2S/c1-19(2)8-7-9-20(3)24-12-13-25-23-11-10-21-18-22(29-32(6,30)31)14-16-27(21,4)26(23)15-17-28(24,25)5/h19-26,29H,7-18H2,1-6H3/t20-,21?,22?,23+,24-,25+,26+,27+,28-/m1/s1. The summed E-state index contributed by atoms with van der Waals surface area (Å²) in [5.41, 5.74) is 0.998. The van der Waals surface area contributed by atoms with E-state index in [9.17, 15) is 8.42 Å². The van der Waals surface area contributed by atoms with E-state index >= 15 is 0 Å². The molecule has 4 heteroatoms. The molecule has 0 amide bonds. The average molecular weight is 466 g/mol. The van der Waals surface area contributed by atoms with Crippen LogP contribution >= 0.6 is 0 Å². The van der Waals surface area contributed by atoms with Gasteiger partial charge in [-0.1, -0.05) is 53.9 Å². The van der Waals surface area contributed by atoms with Crippen molar-refractivity contribution in [2.75, 3.05) is 6.26 Å². The molecule has 4 saturated carbocycles. The van der Waals surface area contributed by atoms with E-state index in [0.717, 1.165) is 48.3 Å². The fourth-order valence-corrected chi connectivity index (χ4v) is 10.5. The van der Waals surface area contributed by atoms with Crippen LogP contribution in [0.5, 0.6) is 0 Å². The molecule has 0 aliphatic heterocycles. The molecular weight excluding hydrogens is 414 g/mol. The molecule has 4 fully saturated rings. The lowest BCUT2D eigenvalue weighted by atomic mass is 9.44. The SMILES string of the molecule is CC(C)CCC[C@@H](C)[C@H]1CC[C@H]2[C@@H]3CCC4CC(NS(C)(=O)=O)CC[C@]4(C)[C@H]3CC[C@]12C. The summed E-state index contributed by atoms with van der Waals surface area (Å²) >= 11 is 0. The smallest absolute Gasteiger partial charge is 0.208 e. The van der Waals surface area contributed by atoms with Crippen molar-refractivity contribution in [3.05, 3.63) is 0 Å². The van der Waals surface area contributed by atoms with Crippen LogP contribution < -0.4 is 4.72 Å². The van der Waals surface area contributed by atoms with Gasteiger partial charge in [-0.2, -0.15) is 0 Å². The Morgan fingerprint density at radius 1 is 0.875 bits per heavy atom. The van der Waals surface area contributed by atoms with Crippen LogP contribution in [0.4, 0.5) is 0 Å². The highest BCUT2D eigenvalue weighted by atomic mass is 32.2. The van der Waals surface area contributed by atoms with Crippen molar-refractivity contribution in [2.24, 2.45) is 52.3 Å². The van der Waals surface area contributed by atoms with E-state index in [4.69, 9.17) is 0 Å². The maximum atomic E-state index is 11.8. The molecule has 32 heavy (non-hydrogen) atoms. The summed E-state index contributed by atoms with van der Waals surface area (Å²) in [4.78, 5) is 0. The Bertz CT molecular complexity index is 763. The van der Waals surface area contributed by atoms with Gasteiger partial charge < -0.3 is 0 Å². The van der Waals surface area contributed by atoms with Crippen molar-refractivity contribution in [3.8, 4) is 0 Å². The summed E-state index contributed by atoms with van der Waals surface area (Å²) in [7, 11) is -3.10. The molecule has 0 heterocycles. The Balaban J connectivity index is 1.43. The van der Waals surface area contributed by atoms with Gasteiger partial charge >= 0.3 is 0 Å². The lowest BCUT2D eigenvalue weighted by molar-refractivity contribution is -0.117. The number of rotatable bonds is 7. The second kappa shape index (κ2) is 9.17. The molecule has 4 aliphatic rings. The van der Waals surface area contributed by atoms with Gasteiger partial charge in [0.05, 0.1) is 6.26 Å². The molecule has 0 bridgehead atoms. The summed E-state index contributed by atoms with van der Waals surface area (Å²) in [6.07, 6.45) is 17.3.